The van der Waals surface area contributed by atoms with Crippen LogP contribution >= 0.6 is 0 Å². The van der Waals surface area contributed by atoms with Gasteiger partial charge in [0.15, 0.2) is 0 Å². The Morgan fingerprint density at radius 3 is 2.95 bits per heavy atom. The molecule has 1 aromatic heterocycles. The fourth-order valence-corrected chi connectivity index (χ4v) is 2.93. The number of ether oxygens (including phenoxy) is 1. The van der Waals surface area contributed by atoms with Crippen molar-refractivity contribution in [2.45, 2.75) is 58.5 Å². The van der Waals surface area contributed by atoms with Gasteiger partial charge in [0, 0.05) is 38.4 Å². The zero-order valence-electron chi connectivity index (χ0n) is 12.5. The van der Waals surface area contributed by atoms with Crippen molar-refractivity contribution in [1.82, 2.24) is 14.9 Å². The van der Waals surface area contributed by atoms with Crippen molar-refractivity contribution >= 4 is 0 Å². The molecule has 0 amide bonds. The molecule has 2 heterocycles. The maximum atomic E-state index is 5.24. The van der Waals surface area contributed by atoms with Crippen LogP contribution < -0.4 is 0 Å². The SMILES string of the molecule is CCc1nc(CN2CCCCC2CCOC)c(C)[nH]1. The summed E-state index contributed by atoms with van der Waals surface area (Å²) in [5.41, 5.74) is 2.45. The maximum Gasteiger partial charge on any atom is 0.106 e. The van der Waals surface area contributed by atoms with Crippen LogP contribution in [-0.4, -0.2) is 41.2 Å². The Morgan fingerprint density at radius 2 is 2.26 bits per heavy atom. The molecule has 1 fully saturated rings. The van der Waals surface area contributed by atoms with Gasteiger partial charge in [-0.1, -0.05) is 13.3 Å². The first-order valence-electron chi connectivity index (χ1n) is 7.52. The summed E-state index contributed by atoms with van der Waals surface area (Å²) >= 11 is 0. The number of hydrogen-bond donors (Lipinski definition) is 1. The highest BCUT2D eigenvalue weighted by Gasteiger charge is 2.23. The fraction of sp³-hybridized carbons (Fsp3) is 0.800. The summed E-state index contributed by atoms with van der Waals surface area (Å²) in [4.78, 5) is 10.7. The van der Waals surface area contributed by atoms with Crippen LogP contribution in [0.25, 0.3) is 0 Å². The van der Waals surface area contributed by atoms with E-state index in [-0.39, 0.29) is 0 Å². The van der Waals surface area contributed by atoms with Gasteiger partial charge in [-0.2, -0.15) is 0 Å². The molecule has 0 aliphatic carbocycles. The zero-order chi connectivity index (χ0) is 13.7. The van der Waals surface area contributed by atoms with Crippen molar-refractivity contribution in [3.8, 4) is 0 Å². The Morgan fingerprint density at radius 1 is 1.42 bits per heavy atom. The van der Waals surface area contributed by atoms with E-state index in [0.717, 1.165) is 31.8 Å². The molecule has 1 aliphatic rings. The second-order valence-corrected chi connectivity index (χ2v) is 5.51. The van der Waals surface area contributed by atoms with Gasteiger partial charge in [-0.3, -0.25) is 4.90 Å². The first kappa shape index (κ1) is 14.5. The van der Waals surface area contributed by atoms with Gasteiger partial charge in [-0.05, 0) is 32.7 Å². The van der Waals surface area contributed by atoms with Crippen molar-refractivity contribution in [2.75, 3.05) is 20.3 Å². The average molecular weight is 265 g/mol. The fourth-order valence-electron chi connectivity index (χ4n) is 2.93. The topological polar surface area (TPSA) is 41.2 Å². The number of hydrogen-bond acceptors (Lipinski definition) is 3. The third-order valence-electron chi connectivity index (χ3n) is 4.13. The second kappa shape index (κ2) is 7.06. The number of aryl methyl sites for hydroxylation is 2. The van der Waals surface area contributed by atoms with Crippen molar-refractivity contribution in [3.05, 3.63) is 17.2 Å². The monoisotopic (exact) mass is 265 g/mol. The molecule has 19 heavy (non-hydrogen) atoms. The van der Waals surface area contributed by atoms with Gasteiger partial charge < -0.3 is 9.72 Å². The highest BCUT2D eigenvalue weighted by atomic mass is 16.5. The van der Waals surface area contributed by atoms with Gasteiger partial charge in [-0.15, -0.1) is 0 Å². The van der Waals surface area contributed by atoms with E-state index in [1.54, 1.807) is 7.11 Å². The average Bonchev–Trinajstić information content (AvgIpc) is 2.78. The van der Waals surface area contributed by atoms with Crippen LogP contribution in [0.15, 0.2) is 0 Å². The Balaban J connectivity index is 1.99. The number of nitrogens with zero attached hydrogens (tertiary/aromatic N) is 2. The Kier molecular flexibility index (Phi) is 5.40. The highest BCUT2D eigenvalue weighted by molar-refractivity contribution is 5.13. The van der Waals surface area contributed by atoms with Crippen LogP contribution in [0.1, 0.15) is 49.8 Å². The first-order valence-corrected chi connectivity index (χ1v) is 7.52. The van der Waals surface area contributed by atoms with Crippen LogP contribution in [0, 0.1) is 6.92 Å². The van der Waals surface area contributed by atoms with E-state index in [1.165, 1.54) is 37.2 Å². The van der Waals surface area contributed by atoms with Gasteiger partial charge in [0.1, 0.15) is 5.82 Å². The molecule has 1 N–H and O–H groups in total. The van der Waals surface area contributed by atoms with Crippen molar-refractivity contribution < 1.29 is 4.74 Å². The lowest BCUT2D eigenvalue weighted by atomic mass is 9.99. The Hall–Kier alpha value is -0.870. The number of imidazole rings is 1. The minimum atomic E-state index is 0.662. The number of aromatic nitrogens is 2. The molecular formula is C15H27N3O. The smallest absolute Gasteiger partial charge is 0.106 e. The number of aromatic amines is 1. The molecule has 2 rings (SSSR count). The van der Waals surface area contributed by atoms with Crippen molar-refractivity contribution in [2.24, 2.45) is 0 Å². The molecule has 0 aromatic carbocycles. The number of piperidine rings is 1. The summed E-state index contributed by atoms with van der Waals surface area (Å²) in [5, 5.41) is 0. The second-order valence-electron chi connectivity index (χ2n) is 5.51. The summed E-state index contributed by atoms with van der Waals surface area (Å²) in [6.45, 7) is 7.32. The van der Waals surface area contributed by atoms with Crippen molar-refractivity contribution in [1.29, 1.82) is 0 Å². The molecule has 4 heteroatoms. The molecule has 0 saturated carbocycles. The van der Waals surface area contributed by atoms with Gasteiger partial charge >= 0.3 is 0 Å². The molecule has 1 atom stereocenters. The van der Waals surface area contributed by atoms with Gasteiger partial charge in [0.25, 0.3) is 0 Å². The molecule has 0 radical (unpaired) electrons. The quantitative estimate of drug-likeness (QED) is 0.859. The number of nitrogens with one attached hydrogen (secondary N) is 1. The summed E-state index contributed by atoms with van der Waals surface area (Å²) < 4.78 is 5.24. The maximum absolute atomic E-state index is 5.24. The van der Waals surface area contributed by atoms with E-state index in [2.05, 4.69) is 23.7 Å². The molecular weight excluding hydrogens is 238 g/mol. The Bertz CT molecular complexity index is 389. The van der Waals surface area contributed by atoms with Crippen LogP contribution in [-0.2, 0) is 17.7 Å². The summed E-state index contributed by atoms with van der Waals surface area (Å²) in [7, 11) is 1.79. The molecule has 1 saturated heterocycles. The standard InChI is InChI=1S/C15H27N3O/c1-4-15-16-12(2)14(17-15)11-18-9-6-5-7-13(18)8-10-19-3/h13H,4-11H2,1-3H3,(H,16,17). The molecule has 1 unspecified atom stereocenters. The van der Waals surface area contributed by atoms with E-state index in [9.17, 15) is 0 Å². The van der Waals surface area contributed by atoms with E-state index in [4.69, 9.17) is 9.72 Å². The van der Waals surface area contributed by atoms with Crippen LogP contribution in [0.2, 0.25) is 0 Å². The molecule has 0 bridgehead atoms. The number of likely N-dealkylation sites (tertiary alicyclic amines) is 1. The summed E-state index contributed by atoms with van der Waals surface area (Å²) in [5.74, 6) is 1.11. The van der Waals surface area contributed by atoms with Crippen LogP contribution in [0.3, 0.4) is 0 Å². The minimum absolute atomic E-state index is 0.662. The van der Waals surface area contributed by atoms with Crippen LogP contribution in [0.5, 0.6) is 0 Å². The first-order chi connectivity index (χ1) is 9.24. The van der Waals surface area contributed by atoms with E-state index in [1.807, 2.05) is 0 Å². The predicted molar refractivity (Wildman–Crippen MR) is 77.2 cm³/mol. The molecule has 108 valence electrons. The molecule has 1 aliphatic heterocycles. The van der Waals surface area contributed by atoms with E-state index in [0.29, 0.717) is 6.04 Å². The van der Waals surface area contributed by atoms with E-state index < -0.39 is 0 Å². The third-order valence-corrected chi connectivity index (χ3v) is 4.13. The third kappa shape index (κ3) is 3.80. The summed E-state index contributed by atoms with van der Waals surface area (Å²) in [6, 6.07) is 0.662. The molecule has 1 aromatic rings. The normalized spacial score (nSPS) is 20.9. The lowest BCUT2D eigenvalue weighted by Gasteiger charge is -2.35. The minimum Gasteiger partial charge on any atom is -0.385 e. The van der Waals surface area contributed by atoms with Gasteiger partial charge in [0.05, 0.1) is 5.69 Å². The predicted octanol–water partition coefficient (Wildman–Crippen LogP) is 2.67. The number of H-pyrrole nitrogens is 1. The lowest BCUT2D eigenvalue weighted by Crippen LogP contribution is -2.39. The van der Waals surface area contributed by atoms with E-state index >= 15 is 0 Å². The summed E-state index contributed by atoms with van der Waals surface area (Å²) in [6.07, 6.45) is 6.08. The van der Waals surface area contributed by atoms with Gasteiger partial charge in [-0.25, -0.2) is 4.98 Å². The molecule has 0 spiro atoms. The zero-order valence-corrected chi connectivity index (χ0v) is 12.5. The number of methoxy groups -OCH3 is 1. The highest BCUT2D eigenvalue weighted by Crippen LogP contribution is 2.22. The Labute approximate surface area is 116 Å². The van der Waals surface area contributed by atoms with Gasteiger partial charge in [0.2, 0.25) is 0 Å². The number of rotatable bonds is 6. The van der Waals surface area contributed by atoms with Crippen molar-refractivity contribution in [3.63, 3.8) is 0 Å². The lowest BCUT2D eigenvalue weighted by molar-refractivity contribution is 0.0963. The molecule has 4 nitrogen and oxygen atoms in total. The van der Waals surface area contributed by atoms with Crippen LogP contribution in [0.4, 0.5) is 0 Å². The largest absolute Gasteiger partial charge is 0.385 e.